The minimum atomic E-state index is -0.393. The van der Waals surface area contributed by atoms with E-state index in [0.29, 0.717) is 22.3 Å². The molecule has 2 aromatic heterocycles. The average molecular weight is 443 g/mol. The summed E-state index contributed by atoms with van der Waals surface area (Å²) in [5.74, 6) is 0.382. The van der Waals surface area contributed by atoms with Gasteiger partial charge in [0.25, 0.3) is 0 Å². The molecule has 4 rings (SSSR count). The molecule has 0 aliphatic heterocycles. The van der Waals surface area contributed by atoms with E-state index in [2.05, 4.69) is 15.5 Å². The molecular weight excluding hydrogens is 420 g/mol. The van der Waals surface area contributed by atoms with Gasteiger partial charge >= 0.3 is 5.97 Å². The summed E-state index contributed by atoms with van der Waals surface area (Å²) >= 11 is 2.81. The Morgan fingerprint density at radius 3 is 2.77 bits per heavy atom. The Labute approximate surface area is 182 Å². The molecule has 30 heavy (non-hydrogen) atoms. The molecule has 7 nitrogen and oxygen atoms in total. The summed E-state index contributed by atoms with van der Waals surface area (Å²) in [5, 5.41) is 12.7. The van der Waals surface area contributed by atoms with Crippen LogP contribution in [0.15, 0.2) is 35.5 Å². The molecule has 0 radical (unpaired) electrons. The summed E-state index contributed by atoms with van der Waals surface area (Å²) in [5.41, 5.74) is 2.52. The molecular formula is C21H22N4O3S2. The van der Waals surface area contributed by atoms with Gasteiger partial charge in [0.2, 0.25) is 5.91 Å². The van der Waals surface area contributed by atoms with E-state index < -0.39 is 5.97 Å². The second-order valence-electron chi connectivity index (χ2n) is 6.81. The topological polar surface area (TPSA) is 86.1 Å². The van der Waals surface area contributed by atoms with Gasteiger partial charge in [0.1, 0.15) is 5.00 Å². The van der Waals surface area contributed by atoms with Crippen LogP contribution in [0.5, 0.6) is 0 Å². The van der Waals surface area contributed by atoms with Crippen LogP contribution in [-0.2, 0) is 28.9 Å². The highest BCUT2D eigenvalue weighted by Crippen LogP contribution is 2.39. The molecule has 0 fully saturated rings. The molecule has 1 aromatic carbocycles. The van der Waals surface area contributed by atoms with E-state index in [1.807, 2.05) is 41.8 Å². The molecule has 0 saturated heterocycles. The molecule has 9 heteroatoms. The van der Waals surface area contributed by atoms with Crippen molar-refractivity contribution >= 4 is 40.0 Å². The van der Waals surface area contributed by atoms with E-state index in [1.165, 1.54) is 30.2 Å². The fourth-order valence-electron chi connectivity index (χ4n) is 3.58. The predicted octanol–water partition coefficient (Wildman–Crippen LogP) is 4.03. The Kier molecular flexibility index (Phi) is 6.19. The van der Waals surface area contributed by atoms with Crippen LogP contribution in [0.2, 0.25) is 0 Å². The van der Waals surface area contributed by atoms with Crippen molar-refractivity contribution in [1.29, 1.82) is 0 Å². The van der Waals surface area contributed by atoms with Gasteiger partial charge < -0.3 is 14.6 Å². The summed E-state index contributed by atoms with van der Waals surface area (Å²) in [4.78, 5) is 26.0. The molecule has 1 aliphatic rings. The molecule has 0 bridgehead atoms. The number of aromatic nitrogens is 3. The van der Waals surface area contributed by atoms with Crippen LogP contribution >= 0.6 is 23.1 Å². The third-order valence-corrected chi connectivity index (χ3v) is 7.14. The zero-order valence-corrected chi connectivity index (χ0v) is 18.4. The number of nitrogens with zero attached hydrogens (tertiary/aromatic N) is 3. The first-order valence-corrected chi connectivity index (χ1v) is 11.6. The number of rotatable bonds is 7. The number of hydrogen-bond acceptors (Lipinski definition) is 7. The van der Waals surface area contributed by atoms with Crippen molar-refractivity contribution in [3.05, 3.63) is 46.3 Å². The normalized spacial score (nSPS) is 12.6. The van der Waals surface area contributed by atoms with E-state index in [4.69, 9.17) is 4.74 Å². The number of thiophene rings is 1. The fraction of sp³-hybridized carbons (Fsp3) is 0.333. The number of thioether (sulfide) groups is 1. The summed E-state index contributed by atoms with van der Waals surface area (Å²) in [6, 6.07) is 9.85. The van der Waals surface area contributed by atoms with E-state index in [1.54, 1.807) is 0 Å². The van der Waals surface area contributed by atoms with Crippen molar-refractivity contribution in [3.8, 4) is 11.4 Å². The molecule has 0 unspecified atom stereocenters. The minimum Gasteiger partial charge on any atom is -0.465 e. The van der Waals surface area contributed by atoms with E-state index in [9.17, 15) is 9.59 Å². The maximum Gasteiger partial charge on any atom is 0.341 e. The van der Waals surface area contributed by atoms with Crippen LogP contribution in [0, 0.1) is 0 Å². The maximum atomic E-state index is 12.6. The number of carbonyl (C=O) groups is 2. The Morgan fingerprint density at radius 1 is 1.23 bits per heavy atom. The third-order valence-electron chi connectivity index (χ3n) is 4.96. The van der Waals surface area contributed by atoms with Gasteiger partial charge in [-0.15, -0.1) is 21.5 Å². The van der Waals surface area contributed by atoms with Crippen molar-refractivity contribution in [1.82, 2.24) is 14.8 Å². The minimum absolute atomic E-state index is 0.177. The highest BCUT2D eigenvalue weighted by atomic mass is 32.2. The zero-order valence-electron chi connectivity index (χ0n) is 16.8. The number of esters is 1. The number of hydrogen-bond donors (Lipinski definition) is 1. The first-order valence-electron chi connectivity index (χ1n) is 9.76. The second-order valence-corrected chi connectivity index (χ2v) is 8.85. The lowest BCUT2D eigenvalue weighted by atomic mass is 10.1. The van der Waals surface area contributed by atoms with Gasteiger partial charge in [0, 0.05) is 17.0 Å². The Morgan fingerprint density at radius 2 is 2.03 bits per heavy atom. The van der Waals surface area contributed by atoms with Crippen LogP contribution in [0.3, 0.4) is 0 Å². The Hall–Kier alpha value is -2.65. The molecule has 3 aromatic rings. The molecule has 2 heterocycles. The quantitative estimate of drug-likeness (QED) is 0.439. The number of aryl methyl sites for hydroxylation is 1. The van der Waals surface area contributed by atoms with Crippen LogP contribution in [0.1, 0.15) is 34.1 Å². The number of fused-ring (bicyclic) bond motifs is 1. The fourth-order valence-corrected chi connectivity index (χ4v) is 5.68. The Bertz CT molecular complexity index is 1080. The molecule has 1 N–H and O–H groups in total. The predicted molar refractivity (Wildman–Crippen MR) is 118 cm³/mol. The highest BCUT2D eigenvalue weighted by Gasteiger charge is 2.28. The average Bonchev–Trinajstić information content (AvgIpc) is 3.46. The number of benzene rings is 1. The molecule has 156 valence electrons. The van der Waals surface area contributed by atoms with Gasteiger partial charge in [-0.2, -0.15) is 0 Å². The van der Waals surface area contributed by atoms with Crippen LogP contribution in [0.4, 0.5) is 5.00 Å². The van der Waals surface area contributed by atoms with Crippen molar-refractivity contribution < 1.29 is 14.3 Å². The lowest BCUT2D eigenvalue weighted by Crippen LogP contribution is -2.16. The molecule has 1 aliphatic carbocycles. The van der Waals surface area contributed by atoms with Gasteiger partial charge in [-0.3, -0.25) is 4.79 Å². The summed E-state index contributed by atoms with van der Waals surface area (Å²) < 4.78 is 6.93. The lowest BCUT2D eigenvalue weighted by Gasteiger charge is -2.08. The summed E-state index contributed by atoms with van der Waals surface area (Å²) in [6.45, 7) is 2.72. The first-order chi connectivity index (χ1) is 14.6. The number of nitrogens with one attached hydrogen (secondary N) is 1. The van der Waals surface area contributed by atoms with Gasteiger partial charge in [-0.25, -0.2) is 4.79 Å². The standard InChI is InChI=1S/C21H22N4O3S2/c1-3-25-18(13-8-5-4-6-9-13)23-24-21(25)29-12-16(26)22-19-17(20(27)28-2)14-10-7-11-15(14)30-19/h4-6,8-9H,3,7,10-12H2,1-2H3,(H,22,26). The van der Waals surface area contributed by atoms with Crippen molar-refractivity contribution in [2.45, 2.75) is 37.9 Å². The van der Waals surface area contributed by atoms with Crippen LogP contribution in [-0.4, -0.2) is 39.5 Å². The first kappa shape index (κ1) is 20.6. The van der Waals surface area contributed by atoms with Gasteiger partial charge in [-0.05, 0) is 31.7 Å². The number of methoxy groups -OCH3 is 1. The lowest BCUT2D eigenvalue weighted by molar-refractivity contribution is -0.113. The number of amides is 1. The van der Waals surface area contributed by atoms with Crippen LogP contribution < -0.4 is 5.32 Å². The van der Waals surface area contributed by atoms with Crippen LogP contribution in [0.25, 0.3) is 11.4 Å². The monoisotopic (exact) mass is 442 g/mol. The van der Waals surface area contributed by atoms with Crippen molar-refractivity contribution in [2.75, 3.05) is 18.2 Å². The van der Waals surface area contributed by atoms with Gasteiger partial charge in [0.15, 0.2) is 11.0 Å². The maximum absolute atomic E-state index is 12.6. The molecule has 0 atom stereocenters. The number of carbonyl (C=O) groups excluding carboxylic acids is 2. The largest absolute Gasteiger partial charge is 0.465 e. The smallest absolute Gasteiger partial charge is 0.341 e. The van der Waals surface area contributed by atoms with Gasteiger partial charge in [-0.1, -0.05) is 42.1 Å². The van der Waals surface area contributed by atoms with Crippen molar-refractivity contribution in [2.24, 2.45) is 0 Å². The second kappa shape index (κ2) is 9.01. The van der Waals surface area contributed by atoms with E-state index in [-0.39, 0.29) is 11.7 Å². The van der Waals surface area contributed by atoms with Gasteiger partial charge in [0.05, 0.1) is 18.4 Å². The molecule has 1 amide bonds. The zero-order chi connectivity index (χ0) is 21.1. The van der Waals surface area contributed by atoms with E-state index in [0.717, 1.165) is 41.1 Å². The highest BCUT2D eigenvalue weighted by molar-refractivity contribution is 7.99. The number of anilines is 1. The molecule has 0 saturated carbocycles. The third kappa shape index (κ3) is 3.99. The number of ether oxygens (including phenoxy) is 1. The summed E-state index contributed by atoms with van der Waals surface area (Å²) in [7, 11) is 1.37. The summed E-state index contributed by atoms with van der Waals surface area (Å²) in [6.07, 6.45) is 2.82. The Balaban J connectivity index is 1.47. The molecule has 0 spiro atoms. The van der Waals surface area contributed by atoms with E-state index >= 15 is 0 Å². The SMILES string of the molecule is CCn1c(SCC(=O)Nc2sc3c(c2C(=O)OC)CCC3)nnc1-c1ccccc1. The van der Waals surface area contributed by atoms with Crippen molar-refractivity contribution in [3.63, 3.8) is 0 Å².